The molecule has 4 fully saturated rings. The van der Waals surface area contributed by atoms with Gasteiger partial charge in [0.25, 0.3) is 0 Å². The average molecular weight is 376 g/mol. The highest BCUT2D eigenvalue weighted by Crippen LogP contribution is 2.61. The predicted octanol–water partition coefficient (Wildman–Crippen LogP) is 5.71. The Morgan fingerprint density at radius 3 is 2.39 bits per heavy atom. The molecule has 3 heteroatoms. The van der Waals surface area contributed by atoms with Gasteiger partial charge in [0.05, 0.1) is 11.4 Å². The van der Waals surface area contributed by atoms with E-state index < -0.39 is 0 Å². The zero-order valence-corrected chi connectivity index (χ0v) is 17.4. The van der Waals surface area contributed by atoms with E-state index in [1.165, 1.54) is 86.1 Å². The van der Waals surface area contributed by atoms with Crippen molar-refractivity contribution in [3.8, 4) is 5.69 Å². The molecule has 4 bridgehead atoms. The zero-order chi connectivity index (χ0) is 18.9. The summed E-state index contributed by atoms with van der Waals surface area (Å²) in [4.78, 5) is 0. The van der Waals surface area contributed by atoms with Crippen molar-refractivity contribution in [3.05, 3.63) is 40.6 Å². The first-order valence-electron chi connectivity index (χ1n) is 11.6. The van der Waals surface area contributed by atoms with Crippen LogP contribution in [-0.4, -0.2) is 16.3 Å². The molecule has 28 heavy (non-hydrogen) atoms. The van der Waals surface area contributed by atoms with Crippen LogP contribution in [0.25, 0.3) is 5.69 Å². The molecule has 0 atom stereocenters. The molecule has 0 amide bonds. The third-order valence-electron chi connectivity index (χ3n) is 8.25. The van der Waals surface area contributed by atoms with Gasteiger partial charge in [0.2, 0.25) is 0 Å². The molecule has 5 aliphatic rings. The molecular formula is C25H33N3. The van der Waals surface area contributed by atoms with Gasteiger partial charge in [-0.1, -0.05) is 17.7 Å². The number of fused-ring (bicyclic) bond motifs is 1. The number of hydrogen-bond donors (Lipinski definition) is 1. The third-order valence-corrected chi connectivity index (χ3v) is 8.25. The smallest absolute Gasteiger partial charge is 0.133 e. The van der Waals surface area contributed by atoms with E-state index in [1.807, 2.05) is 0 Å². The first-order chi connectivity index (χ1) is 13.6. The molecule has 148 valence electrons. The molecule has 1 N–H and O–H groups in total. The topological polar surface area (TPSA) is 29.9 Å². The van der Waals surface area contributed by atoms with E-state index >= 15 is 0 Å². The van der Waals surface area contributed by atoms with Crippen LogP contribution in [0.5, 0.6) is 0 Å². The summed E-state index contributed by atoms with van der Waals surface area (Å²) in [6.45, 7) is 5.49. The van der Waals surface area contributed by atoms with Gasteiger partial charge in [-0.05, 0) is 101 Å². The molecule has 4 saturated carbocycles. The number of nitrogens with one attached hydrogen (secondary N) is 1. The lowest BCUT2D eigenvalue weighted by atomic mass is 9.48. The Balaban J connectivity index is 1.52. The molecule has 4 aliphatic carbocycles. The average Bonchev–Trinajstić information content (AvgIpc) is 2.84. The fourth-order valence-electron chi connectivity index (χ4n) is 7.55. The van der Waals surface area contributed by atoms with Gasteiger partial charge in [-0.2, -0.15) is 5.10 Å². The lowest BCUT2D eigenvalue weighted by Crippen LogP contribution is -2.49. The van der Waals surface area contributed by atoms with Gasteiger partial charge in [-0.25, -0.2) is 4.68 Å². The molecule has 2 heterocycles. The molecule has 0 spiro atoms. The van der Waals surface area contributed by atoms with Crippen LogP contribution in [0.15, 0.2) is 18.2 Å². The third kappa shape index (κ3) is 2.51. The molecule has 1 aliphatic heterocycles. The summed E-state index contributed by atoms with van der Waals surface area (Å²) in [5, 5.41) is 9.23. The van der Waals surface area contributed by atoms with Gasteiger partial charge in [0, 0.05) is 17.5 Å². The standard InChI is InChI=1S/C25H33N3/c1-16-6-7-22(17(2)9-16)28-24-21(5-3-4-8-26-24)23(27-28)25-13-18-10-19(14-25)12-20(11-18)15-25/h6-7,9,18-20,26H,3-5,8,10-15H2,1-2H3. The molecule has 1 aromatic heterocycles. The zero-order valence-electron chi connectivity index (χ0n) is 17.4. The Kier molecular flexibility index (Phi) is 3.74. The second-order valence-corrected chi connectivity index (χ2v) is 10.5. The first-order valence-corrected chi connectivity index (χ1v) is 11.6. The molecule has 1 aromatic carbocycles. The van der Waals surface area contributed by atoms with E-state index in [1.54, 1.807) is 5.56 Å². The fraction of sp³-hybridized carbons (Fsp3) is 0.640. The van der Waals surface area contributed by atoms with E-state index in [0.717, 1.165) is 24.3 Å². The van der Waals surface area contributed by atoms with E-state index in [0.29, 0.717) is 5.41 Å². The van der Waals surface area contributed by atoms with E-state index in [2.05, 4.69) is 42.0 Å². The van der Waals surface area contributed by atoms with Crippen LogP contribution in [0.4, 0.5) is 5.82 Å². The van der Waals surface area contributed by atoms with Gasteiger partial charge in [0.15, 0.2) is 0 Å². The highest BCUT2D eigenvalue weighted by molar-refractivity contribution is 5.58. The number of benzene rings is 1. The number of hydrogen-bond acceptors (Lipinski definition) is 2. The minimum absolute atomic E-state index is 0.370. The van der Waals surface area contributed by atoms with Crippen LogP contribution in [0, 0.1) is 31.6 Å². The summed E-state index contributed by atoms with van der Waals surface area (Å²) >= 11 is 0. The Bertz CT molecular complexity index is 887. The fourth-order valence-corrected chi connectivity index (χ4v) is 7.55. The number of anilines is 1. The van der Waals surface area contributed by atoms with Crippen molar-refractivity contribution >= 4 is 5.82 Å². The van der Waals surface area contributed by atoms with Crippen molar-refractivity contribution < 1.29 is 0 Å². The second kappa shape index (κ2) is 6.11. The Morgan fingerprint density at radius 2 is 1.71 bits per heavy atom. The van der Waals surface area contributed by atoms with Crippen molar-refractivity contribution in [2.45, 2.75) is 77.0 Å². The highest BCUT2D eigenvalue weighted by atomic mass is 15.3. The Labute approximate surface area is 168 Å². The molecule has 0 radical (unpaired) electrons. The summed E-state index contributed by atoms with van der Waals surface area (Å²) in [7, 11) is 0. The lowest BCUT2D eigenvalue weighted by Gasteiger charge is -2.56. The van der Waals surface area contributed by atoms with Crippen LogP contribution < -0.4 is 5.32 Å². The van der Waals surface area contributed by atoms with Gasteiger partial charge in [0.1, 0.15) is 5.82 Å². The van der Waals surface area contributed by atoms with Crippen molar-refractivity contribution in [1.82, 2.24) is 9.78 Å². The minimum atomic E-state index is 0.370. The largest absolute Gasteiger partial charge is 0.370 e. The predicted molar refractivity (Wildman–Crippen MR) is 114 cm³/mol. The van der Waals surface area contributed by atoms with Crippen LogP contribution in [0.2, 0.25) is 0 Å². The van der Waals surface area contributed by atoms with Crippen LogP contribution >= 0.6 is 0 Å². The Hall–Kier alpha value is -1.77. The second-order valence-electron chi connectivity index (χ2n) is 10.5. The molecule has 2 aromatic rings. The van der Waals surface area contributed by atoms with E-state index in [9.17, 15) is 0 Å². The highest BCUT2D eigenvalue weighted by Gasteiger charge is 2.53. The molecule has 3 nitrogen and oxygen atoms in total. The van der Waals surface area contributed by atoms with Gasteiger partial charge in [-0.3, -0.25) is 0 Å². The van der Waals surface area contributed by atoms with Gasteiger partial charge >= 0.3 is 0 Å². The maximum atomic E-state index is 5.44. The summed E-state index contributed by atoms with van der Waals surface area (Å²) in [5.74, 6) is 4.20. The van der Waals surface area contributed by atoms with Crippen LogP contribution in [0.1, 0.15) is 73.8 Å². The summed E-state index contributed by atoms with van der Waals surface area (Å²) in [5.41, 5.74) is 7.32. The van der Waals surface area contributed by atoms with Gasteiger partial charge in [-0.15, -0.1) is 0 Å². The summed E-state index contributed by atoms with van der Waals surface area (Å²) < 4.78 is 2.28. The van der Waals surface area contributed by atoms with Crippen molar-refractivity contribution in [3.63, 3.8) is 0 Å². The maximum Gasteiger partial charge on any atom is 0.133 e. The maximum absolute atomic E-state index is 5.44. The summed E-state index contributed by atoms with van der Waals surface area (Å²) in [6, 6.07) is 6.80. The molecule has 0 saturated heterocycles. The van der Waals surface area contributed by atoms with E-state index in [4.69, 9.17) is 5.10 Å². The molecule has 7 rings (SSSR count). The number of rotatable bonds is 2. The van der Waals surface area contributed by atoms with Gasteiger partial charge < -0.3 is 5.32 Å². The minimum Gasteiger partial charge on any atom is -0.370 e. The monoisotopic (exact) mass is 375 g/mol. The van der Waals surface area contributed by atoms with E-state index in [-0.39, 0.29) is 0 Å². The normalized spacial score (nSPS) is 33.4. The lowest BCUT2D eigenvalue weighted by molar-refractivity contribution is -0.00773. The number of nitrogens with zero attached hydrogens (tertiary/aromatic N) is 2. The van der Waals surface area contributed by atoms with Crippen LogP contribution in [0.3, 0.4) is 0 Å². The van der Waals surface area contributed by atoms with Crippen LogP contribution in [-0.2, 0) is 11.8 Å². The Morgan fingerprint density at radius 1 is 1.00 bits per heavy atom. The van der Waals surface area contributed by atoms with Crippen molar-refractivity contribution in [2.24, 2.45) is 17.8 Å². The molecule has 0 unspecified atom stereocenters. The van der Waals surface area contributed by atoms with Crippen molar-refractivity contribution in [1.29, 1.82) is 0 Å². The number of aryl methyl sites for hydroxylation is 2. The summed E-state index contributed by atoms with van der Waals surface area (Å²) in [6.07, 6.45) is 12.4. The first kappa shape index (κ1) is 17.1. The van der Waals surface area contributed by atoms with Crippen molar-refractivity contribution in [2.75, 3.05) is 11.9 Å². The molecular weight excluding hydrogens is 342 g/mol. The quantitative estimate of drug-likeness (QED) is 0.729. The SMILES string of the molecule is Cc1ccc(-n2nc(C34CC5CC(CC(C5)C3)C4)c3c2NCCCC3)c(C)c1. The number of aromatic nitrogens is 2.